The lowest BCUT2D eigenvalue weighted by Crippen LogP contribution is -2.39. The summed E-state index contributed by atoms with van der Waals surface area (Å²) in [7, 11) is 0. The van der Waals surface area contributed by atoms with Crippen molar-refractivity contribution in [1.82, 2.24) is 10.4 Å². The molecule has 1 aliphatic rings. The van der Waals surface area contributed by atoms with Crippen molar-refractivity contribution in [2.45, 2.75) is 32.2 Å². The average Bonchev–Trinajstić information content (AvgIpc) is 3.07. The number of carboxylic acid groups (broad SMARTS) is 1. The summed E-state index contributed by atoms with van der Waals surface area (Å²) in [5, 5.41) is 10.2. The molecule has 0 aliphatic carbocycles. The number of nitrogens with zero attached hydrogens (tertiary/aromatic N) is 1. The predicted molar refractivity (Wildman–Crippen MR) is 99.8 cm³/mol. The van der Waals surface area contributed by atoms with Crippen LogP contribution in [0.2, 0.25) is 0 Å². The highest BCUT2D eigenvalue weighted by molar-refractivity contribution is 5.81. The lowest BCUT2D eigenvalue weighted by Gasteiger charge is -2.25. The molecule has 1 atom stereocenters. The maximum Gasteiger partial charge on any atom is 0.303 e. The van der Waals surface area contributed by atoms with Crippen LogP contribution in [0.25, 0.3) is 5.70 Å². The first-order valence-corrected chi connectivity index (χ1v) is 8.79. The average molecular weight is 368 g/mol. The van der Waals surface area contributed by atoms with Crippen LogP contribution >= 0.6 is 0 Å². The SMILES string of the molecule is Cc1ccc(C2=C[C@@H](c3ccccc3F)N(C(=O)CCCC(=O)O)N2)cc1. The summed E-state index contributed by atoms with van der Waals surface area (Å²) in [5.41, 5.74) is 6.18. The van der Waals surface area contributed by atoms with Crippen LogP contribution in [0.3, 0.4) is 0 Å². The predicted octanol–water partition coefficient (Wildman–Crippen LogP) is 3.82. The number of hydrazine groups is 1. The molecule has 1 aliphatic heterocycles. The van der Waals surface area contributed by atoms with Crippen LogP contribution in [0.1, 0.15) is 42.0 Å². The third-order valence-corrected chi connectivity index (χ3v) is 4.48. The van der Waals surface area contributed by atoms with Gasteiger partial charge in [-0.1, -0.05) is 48.0 Å². The molecule has 0 unspecified atom stereocenters. The second-order valence-electron chi connectivity index (χ2n) is 6.54. The number of amides is 1. The first-order valence-electron chi connectivity index (χ1n) is 8.79. The third-order valence-electron chi connectivity index (χ3n) is 4.48. The Bertz CT molecular complexity index is 877. The number of aliphatic carboxylic acids is 1. The van der Waals surface area contributed by atoms with E-state index in [1.54, 1.807) is 18.2 Å². The van der Waals surface area contributed by atoms with Gasteiger partial charge in [0.05, 0.1) is 5.70 Å². The summed E-state index contributed by atoms with van der Waals surface area (Å²) in [5.74, 6) is -1.61. The molecule has 1 heterocycles. The molecule has 0 radical (unpaired) electrons. The molecule has 6 heteroatoms. The summed E-state index contributed by atoms with van der Waals surface area (Å²) >= 11 is 0. The number of rotatable bonds is 6. The van der Waals surface area contributed by atoms with Crippen molar-refractivity contribution in [2.75, 3.05) is 0 Å². The largest absolute Gasteiger partial charge is 0.481 e. The van der Waals surface area contributed by atoms with Crippen LogP contribution in [-0.4, -0.2) is 22.0 Å². The molecule has 0 saturated carbocycles. The number of halogens is 1. The Labute approximate surface area is 157 Å². The molecular weight excluding hydrogens is 347 g/mol. The standard InChI is InChI=1S/C21H21FN2O3/c1-14-9-11-15(12-10-14)18-13-19(16-5-2-3-6-17(16)22)24(23-18)20(25)7-4-8-21(26)27/h2-3,5-6,9-13,19,23H,4,7-8H2,1H3,(H,26,27)/t19-/m0/s1. The number of hydrogen-bond acceptors (Lipinski definition) is 3. The number of hydrogen-bond donors (Lipinski definition) is 2. The molecule has 5 nitrogen and oxygen atoms in total. The van der Waals surface area contributed by atoms with Gasteiger partial charge in [0.1, 0.15) is 11.9 Å². The first kappa shape index (κ1) is 18.6. The van der Waals surface area contributed by atoms with Crippen LogP contribution in [0.4, 0.5) is 4.39 Å². The minimum Gasteiger partial charge on any atom is -0.481 e. The number of carbonyl (C=O) groups is 2. The summed E-state index contributed by atoms with van der Waals surface area (Å²) in [6, 6.07) is 13.5. The molecule has 0 bridgehead atoms. The van der Waals surface area contributed by atoms with E-state index in [4.69, 9.17) is 5.11 Å². The van der Waals surface area contributed by atoms with E-state index in [9.17, 15) is 14.0 Å². The van der Waals surface area contributed by atoms with Gasteiger partial charge < -0.3 is 5.11 Å². The fourth-order valence-corrected chi connectivity index (χ4v) is 3.04. The van der Waals surface area contributed by atoms with Gasteiger partial charge in [0, 0.05) is 18.4 Å². The number of aryl methyl sites for hydroxylation is 1. The van der Waals surface area contributed by atoms with E-state index >= 15 is 0 Å². The van der Waals surface area contributed by atoms with Crippen LogP contribution < -0.4 is 5.43 Å². The zero-order valence-electron chi connectivity index (χ0n) is 15.0. The molecule has 27 heavy (non-hydrogen) atoms. The van der Waals surface area contributed by atoms with E-state index in [0.29, 0.717) is 5.56 Å². The minimum atomic E-state index is -0.943. The molecular formula is C21H21FN2O3. The maximum absolute atomic E-state index is 14.3. The van der Waals surface area contributed by atoms with E-state index in [-0.39, 0.29) is 25.2 Å². The highest BCUT2D eigenvalue weighted by atomic mass is 19.1. The fraction of sp³-hybridized carbons (Fsp3) is 0.238. The topological polar surface area (TPSA) is 69.6 Å². The smallest absolute Gasteiger partial charge is 0.303 e. The van der Waals surface area contributed by atoms with E-state index in [1.165, 1.54) is 11.1 Å². The first-order chi connectivity index (χ1) is 13.0. The Kier molecular flexibility index (Phi) is 5.54. The van der Waals surface area contributed by atoms with Gasteiger partial charge in [-0.25, -0.2) is 9.40 Å². The second kappa shape index (κ2) is 8.03. The van der Waals surface area contributed by atoms with Crippen molar-refractivity contribution < 1.29 is 19.1 Å². The van der Waals surface area contributed by atoms with Gasteiger partial charge in [-0.2, -0.15) is 0 Å². The van der Waals surface area contributed by atoms with E-state index in [1.807, 2.05) is 37.3 Å². The van der Waals surface area contributed by atoms with Crippen molar-refractivity contribution in [3.63, 3.8) is 0 Å². The molecule has 2 aromatic rings. The van der Waals surface area contributed by atoms with Crippen molar-refractivity contribution in [2.24, 2.45) is 0 Å². The Hall–Kier alpha value is -3.15. The Morgan fingerprint density at radius 2 is 1.81 bits per heavy atom. The van der Waals surface area contributed by atoms with Gasteiger partial charge in [-0.3, -0.25) is 15.0 Å². The lowest BCUT2D eigenvalue weighted by atomic mass is 10.0. The quantitative estimate of drug-likeness (QED) is 0.813. The monoisotopic (exact) mass is 368 g/mol. The molecule has 2 aromatic carbocycles. The second-order valence-corrected chi connectivity index (χ2v) is 6.54. The zero-order valence-corrected chi connectivity index (χ0v) is 15.0. The van der Waals surface area contributed by atoms with Gasteiger partial charge in [0.15, 0.2) is 0 Å². The molecule has 0 fully saturated rings. The summed E-state index contributed by atoms with van der Waals surface area (Å²) in [6.45, 7) is 1.99. The Morgan fingerprint density at radius 1 is 1.11 bits per heavy atom. The van der Waals surface area contributed by atoms with Crippen molar-refractivity contribution in [1.29, 1.82) is 0 Å². The normalized spacial score (nSPS) is 16.0. The van der Waals surface area contributed by atoms with E-state index < -0.39 is 17.8 Å². The highest BCUT2D eigenvalue weighted by Gasteiger charge is 2.32. The minimum absolute atomic E-state index is 0.0687. The van der Waals surface area contributed by atoms with Crippen LogP contribution in [0, 0.1) is 12.7 Å². The van der Waals surface area contributed by atoms with Crippen molar-refractivity contribution in [3.8, 4) is 0 Å². The maximum atomic E-state index is 14.3. The van der Waals surface area contributed by atoms with Crippen molar-refractivity contribution in [3.05, 3.63) is 77.1 Å². The third kappa shape index (κ3) is 4.34. The number of carboxylic acids is 1. The van der Waals surface area contributed by atoms with Crippen molar-refractivity contribution >= 4 is 17.6 Å². The molecule has 0 saturated heterocycles. The lowest BCUT2D eigenvalue weighted by molar-refractivity contribution is -0.137. The summed E-state index contributed by atoms with van der Waals surface area (Å²) in [4.78, 5) is 23.4. The fourth-order valence-electron chi connectivity index (χ4n) is 3.04. The molecule has 140 valence electrons. The van der Waals surface area contributed by atoms with Gasteiger partial charge in [0.2, 0.25) is 5.91 Å². The van der Waals surface area contributed by atoms with Crippen LogP contribution in [0.5, 0.6) is 0 Å². The molecule has 0 aromatic heterocycles. The van der Waals surface area contributed by atoms with Gasteiger partial charge in [-0.05, 0) is 31.1 Å². The molecule has 3 rings (SSSR count). The van der Waals surface area contributed by atoms with E-state index in [0.717, 1.165) is 16.8 Å². The van der Waals surface area contributed by atoms with Gasteiger partial charge in [-0.15, -0.1) is 0 Å². The van der Waals surface area contributed by atoms with Gasteiger partial charge in [0.25, 0.3) is 0 Å². The van der Waals surface area contributed by atoms with Crippen LogP contribution in [-0.2, 0) is 9.59 Å². The number of carbonyl (C=O) groups excluding carboxylic acids is 1. The summed E-state index contributed by atoms with van der Waals surface area (Å²) < 4.78 is 14.3. The Balaban J connectivity index is 1.87. The van der Waals surface area contributed by atoms with Crippen LogP contribution in [0.15, 0.2) is 54.6 Å². The molecule has 0 spiro atoms. The zero-order chi connectivity index (χ0) is 19.4. The highest BCUT2D eigenvalue weighted by Crippen LogP contribution is 2.33. The Morgan fingerprint density at radius 3 is 2.48 bits per heavy atom. The number of benzene rings is 2. The van der Waals surface area contributed by atoms with Gasteiger partial charge >= 0.3 is 5.97 Å². The molecule has 1 amide bonds. The summed E-state index contributed by atoms with van der Waals surface area (Å²) in [6.07, 6.45) is 2.04. The number of nitrogens with one attached hydrogen (secondary N) is 1. The molecule has 2 N–H and O–H groups in total. The van der Waals surface area contributed by atoms with E-state index in [2.05, 4.69) is 5.43 Å².